The SMILES string of the molecule is Cc1nc(Cl)nc(Nc2cccc(Cl)c2Cl)c1[N+](=O)[O-]. The average Bonchev–Trinajstić information content (AvgIpc) is 2.33. The second kappa shape index (κ2) is 5.78. The first kappa shape index (κ1) is 14.8. The third-order valence-electron chi connectivity index (χ3n) is 2.42. The molecule has 0 atom stereocenters. The zero-order chi connectivity index (χ0) is 14.9. The number of hydrogen-bond donors (Lipinski definition) is 1. The van der Waals surface area contributed by atoms with E-state index in [4.69, 9.17) is 34.8 Å². The number of aromatic nitrogens is 2. The summed E-state index contributed by atoms with van der Waals surface area (Å²) in [6, 6.07) is 4.86. The molecule has 0 unspecified atom stereocenters. The number of benzene rings is 1. The Morgan fingerprint density at radius 3 is 2.60 bits per heavy atom. The van der Waals surface area contributed by atoms with E-state index in [0.717, 1.165) is 0 Å². The van der Waals surface area contributed by atoms with Crippen molar-refractivity contribution in [2.75, 3.05) is 5.32 Å². The second-order valence-corrected chi connectivity index (χ2v) is 4.88. The van der Waals surface area contributed by atoms with Crippen LogP contribution in [0, 0.1) is 17.0 Å². The number of halogens is 3. The first-order valence-corrected chi connectivity index (χ1v) is 6.43. The van der Waals surface area contributed by atoms with E-state index in [1.165, 1.54) is 6.92 Å². The Hall–Kier alpha value is -1.63. The molecule has 0 saturated carbocycles. The zero-order valence-corrected chi connectivity index (χ0v) is 12.3. The van der Waals surface area contributed by atoms with Crippen molar-refractivity contribution in [2.45, 2.75) is 6.92 Å². The molecular weight excluding hydrogens is 327 g/mol. The van der Waals surface area contributed by atoms with Crippen LogP contribution < -0.4 is 5.32 Å². The maximum Gasteiger partial charge on any atom is 0.332 e. The number of nitrogens with one attached hydrogen (secondary N) is 1. The monoisotopic (exact) mass is 332 g/mol. The van der Waals surface area contributed by atoms with Crippen LogP contribution in [-0.4, -0.2) is 14.9 Å². The van der Waals surface area contributed by atoms with Gasteiger partial charge in [-0.3, -0.25) is 10.1 Å². The number of aryl methyl sites for hydroxylation is 1. The lowest BCUT2D eigenvalue weighted by molar-refractivity contribution is -0.385. The fraction of sp³-hybridized carbons (Fsp3) is 0.0909. The van der Waals surface area contributed by atoms with E-state index in [2.05, 4.69) is 15.3 Å². The fourth-order valence-corrected chi connectivity index (χ4v) is 2.13. The molecule has 0 bridgehead atoms. The second-order valence-electron chi connectivity index (χ2n) is 3.76. The van der Waals surface area contributed by atoms with Gasteiger partial charge in [0.1, 0.15) is 5.69 Å². The van der Waals surface area contributed by atoms with Crippen LogP contribution in [0.3, 0.4) is 0 Å². The van der Waals surface area contributed by atoms with E-state index < -0.39 is 4.92 Å². The third kappa shape index (κ3) is 2.92. The first-order valence-electron chi connectivity index (χ1n) is 5.29. The molecule has 2 aromatic rings. The smallest absolute Gasteiger partial charge is 0.332 e. The highest BCUT2D eigenvalue weighted by Crippen LogP contribution is 2.34. The molecule has 0 fully saturated rings. The molecule has 9 heteroatoms. The van der Waals surface area contributed by atoms with Crippen LogP contribution >= 0.6 is 34.8 Å². The molecule has 20 heavy (non-hydrogen) atoms. The van der Waals surface area contributed by atoms with Gasteiger partial charge in [-0.15, -0.1) is 0 Å². The Bertz CT molecular complexity index is 694. The highest BCUT2D eigenvalue weighted by Gasteiger charge is 2.22. The van der Waals surface area contributed by atoms with Gasteiger partial charge in [-0.1, -0.05) is 29.3 Å². The maximum atomic E-state index is 11.1. The summed E-state index contributed by atoms with van der Waals surface area (Å²) in [6.07, 6.45) is 0. The predicted octanol–water partition coefficient (Wildman–Crippen LogP) is 4.40. The molecule has 0 radical (unpaired) electrons. The summed E-state index contributed by atoms with van der Waals surface area (Å²) < 4.78 is 0. The minimum Gasteiger partial charge on any atom is -0.333 e. The standard InChI is InChI=1S/C11H7Cl3N4O2/c1-5-9(18(19)20)10(17-11(14)15-5)16-7-4-2-3-6(12)8(7)13/h2-4H,1H3,(H,15,16,17). The quantitative estimate of drug-likeness (QED) is 0.511. The van der Waals surface area contributed by atoms with Crippen LogP contribution in [0.5, 0.6) is 0 Å². The van der Waals surface area contributed by atoms with E-state index in [1.807, 2.05) is 0 Å². The van der Waals surface area contributed by atoms with Crippen LogP contribution in [0.15, 0.2) is 18.2 Å². The molecule has 0 saturated heterocycles. The molecule has 1 aromatic carbocycles. The van der Waals surface area contributed by atoms with Gasteiger partial charge in [0.15, 0.2) is 0 Å². The molecule has 104 valence electrons. The number of hydrogen-bond acceptors (Lipinski definition) is 5. The highest BCUT2D eigenvalue weighted by molar-refractivity contribution is 6.43. The van der Waals surface area contributed by atoms with Crippen molar-refractivity contribution in [1.82, 2.24) is 9.97 Å². The van der Waals surface area contributed by atoms with Gasteiger partial charge in [0.25, 0.3) is 0 Å². The summed E-state index contributed by atoms with van der Waals surface area (Å²) in [7, 11) is 0. The van der Waals surface area contributed by atoms with Gasteiger partial charge in [-0.05, 0) is 30.7 Å². The van der Waals surface area contributed by atoms with Crippen molar-refractivity contribution in [1.29, 1.82) is 0 Å². The Labute approximate surface area is 128 Å². The summed E-state index contributed by atoms with van der Waals surface area (Å²) >= 11 is 17.6. The van der Waals surface area contributed by atoms with Crippen molar-refractivity contribution in [3.8, 4) is 0 Å². The summed E-state index contributed by atoms with van der Waals surface area (Å²) in [6.45, 7) is 1.47. The maximum absolute atomic E-state index is 11.1. The van der Waals surface area contributed by atoms with Crippen LogP contribution in [0.1, 0.15) is 5.69 Å². The van der Waals surface area contributed by atoms with E-state index in [1.54, 1.807) is 18.2 Å². The largest absolute Gasteiger partial charge is 0.333 e. The number of nitrogens with zero attached hydrogens (tertiary/aromatic N) is 3. The normalized spacial score (nSPS) is 10.4. The van der Waals surface area contributed by atoms with Crippen molar-refractivity contribution in [3.05, 3.63) is 49.3 Å². The van der Waals surface area contributed by atoms with Gasteiger partial charge in [-0.25, -0.2) is 4.98 Å². The molecule has 1 aromatic heterocycles. The van der Waals surface area contributed by atoms with Gasteiger partial charge >= 0.3 is 5.69 Å². The Balaban J connectivity index is 2.53. The lowest BCUT2D eigenvalue weighted by atomic mass is 10.3. The molecule has 0 aliphatic carbocycles. The fourth-order valence-electron chi connectivity index (χ4n) is 1.57. The molecule has 2 rings (SSSR count). The molecule has 0 aliphatic heterocycles. The minimum absolute atomic E-state index is 0.0448. The summed E-state index contributed by atoms with van der Waals surface area (Å²) in [5.74, 6) is -0.0448. The third-order valence-corrected chi connectivity index (χ3v) is 3.41. The number of anilines is 2. The topological polar surface area (TPSA) is 81.0 Å². The van der Waals surface area contributed by atoms with Gasteiger partial charge < -0.3 is 5.32 Å². The van der Waals surface area contributed by atoms with Gasteiger partial charge in [0, 0.05) is 0 Å². The zero-order valence-electron chi connectivity index (χ0n) is 10.0. The van der Waals surface area contributed by atoms with Crippen molar-refractivity contribution < 1.29 is 4.92 Å². The minimum atomic E-state index is -0.591. The van der Waals surface area contributed by atoms with Crippen LogP contribution in [-0.2, 0) is 0 Å². The van der Waals surface area contributed by atoms with E-state index in [-0.39, 0.29) is 27.5 Å². The van der Waals surface area contributed by atoms with Gasteiger partial charge in [0.05, 0.1) is 20.7 Å². The highest BCUT2D eigenvalue weighted by atomic mass is 35.5. The van der Waals surface area contributed by atoms with Gasteiger partial charge in [-0.2, -0.15) is 4.98 Å². The molecule has 0 aliphatic rings. The lowest BCUT2D eigenvalue weighted by Crippen LogP contribution is -2.04. The molecule has 0 amide bonds. The molecular formula is C11H7Cl3N4O2. The van der Waals surface area contributed by atoms with Crippen LogP contribution in [0.4, 0.5) is 17.2 Å². The molecule has 1 N–H and O–H groups in total. The van der Waals surface area contributed by atoms with Crippen molar-refractivity contribution >= 4 is 52.0 Å². The van der Waals surface area contributed by atoms with Crippen molar-refractivity contribution in [2.24, 2.45) is 0 Å². The molecule has 0 spiro atoms. The molecule has 1 heterocycles. The summed E-state index contributed by atoms with van der Waals surface area (Å²) in [5.41, 5.74) is 0.262. The Morgan fingerprint density at radius 1 is 1.25 bits per heavy atom. The Kier molecular flexibility index (Phi) is 4.27. The average molecular weight is 334 g/mol. The van der Waals surface area contributed by atoms with E-state index in [0.29, 0.717) is 10.7 Å². The summed E-state index contributed by atoms with van der Waals surface area (Å²) in [4.78, 5) is 18.1. The lowest BCUT2D eigenvalue weighted by Gasteiger charge is -2.09. The van der Waals surface area contributed by atoms with Crippen LogP contribution in [0.2, 0.25) is 15.3 Å². The van der Waals surface area contributed by atoms with Crippen molar-refractivity contribution in [3.63, 3.8) is 0 Å². The Morgan fingerprint density at radius 2 is 1.95 bits per heavy atom. The van der Waals surface area contributed by atoms with E-state index >= 15 is 0 Å². The van der Waals surface area contributed by atoms with E-state index in [9.17, 15) is 10.1 Å². The number of rotatable bonds is 3. The first-order chi connectivity index (χ1) is 9.40. The molecule has 6 nitrogen and oxygen atoms in total. The summed E-state index contributed by atoms with van der Waals surface area (Å²) in [5, 5.41) is 14.3. The predicted molar refractivity (Wildman–Crippen MR) is 78.2 cm³/mol. The van der Waals surface area contributed by atoms with Crippen LogP contribution in [0.25, 0.3) is 0 Å². The van der Waals surface area contributed by atoms with Gasteiger partial charge in [0.2, 0.25) is 11.1 Å². The number of nitro groups is 1.